The maximum atomic E-state index is 4.68. The van der Waals surface area contributed by atoms with Gasteiger partial charge in [0.15, 0.2) is 0 Å². The van der Waals surface area contributed by atoms with Crippen molar-refractivity contribution in [1.29, 1.82) is 0 Å². The zero-order valence-corrected chi connectivity index (χ0v) is 28.9. The third-order valence-electron chi connectivity index (χ3n) is 9.96. The van der Waals surface area contributed by atoms with Crippen molar-refractivity contribution in [3.63, 3.8) is 0 Å². The molecule has 2 heteroatoms. The molecule has 2 nitrogen and oxygen atoms in total. The molecular formula is C50H36N2. The molecule has 1 atom stereocenters. The van der Waals surface area contributed by atoms with Crippen molar-refractivity contribution in [2.45, 2.75) is 13.0 Å². The Balaban J connectivity index is 0.000000149. The van der Waals surface area contributed by atoms with Crippen LogP contribution in [0.15, 0.2) is 199 Å². The topological polar surface area (TPSA) is 25.2 Å². The Morgan fingerprint density at radius 1 is 0.404 bits per heavy atom. The first-order valence-corrected chi connectivity index (χ1v) is 17.8. The van der Waals surface area contributed by atoms with Gasteiger partial charge in [0.05, 0.1) is 11.2 Å². The molecule has 8 aromatic carbocycles. The summed E-state index contributed by atoms with van der Waals surface area (Å²) < 4.78 is 0. The largest absolute Gasteiger partial charge is 0.272 e. The van der Waals surface area contributed by atoms with E-state index in [0.29, 0.717) is 0 Å². The molecule has 2 heterocycles. The number of para-hydroxylation sites is 1. The Morgan fingerprint density at radius 2 is 1.00 bits per heavy atom. The normalized spacial score (nSPS) is 13.4. The number of hydrogen-bond acceptors (Lipinski definition) is 2. The van der Waals surface area contributed by atoms with Crippen LogP contribution in [0.25, 0.3) is 65.8 Å². The lowest BCUT2D eigenvalue weighted by Crippen LogP contribution is -1.93. The van der Waals surface area contributed by atoms with Crippen LogP contribution in [-0.4, -0.2) is 10.7 Å². The van der Waals surface area contributed by atoms with Gasteiger partial charge in [-0.1, -0.05) is 170 Å². The van der Waals surface area contributed by atoms with Crippen LogP contribution >= 0.6 is 0 Å². The summed E-state index contributed by atoms with van der Waals surface area (Å²) in [5.74, 6) is 0. The average Bonchev–Trinajstić information content (AvgIpc) is 4.03. The van der Waals surface area contributed by atoms with E-state index in [2.05, 4.69) is 187 Å². The van der Waals surface area contributed by atoms with Crippen LogP contribution in [0.2, 0.25) is 0 Å². The highest BCUT2D eigenvalue weighted by molar-refractivity contribution is 6.14. The van der Waals surface area contributed by atoms with Crippen LogP contribution in [0.3, 0.4) is 0 Å². The Hall–Kier alpha value is -6.64. The maximum absolute atomic E-state index is 4.68. The van der Waals surface area contributed by atoms with Gasteiger partial charge in [0, 0.05) is 17.1 Å². The first kappa shape index (κ1) is 31.3. The van der Waals surface area contributed by atoms with Gasteiger partial charge in [0.1, 0.15) is 6.04 Å². The standard InChI is InChI=1S/C30H21N.C20H15N/c1-20-16-23(26-14-6-9-21-10-7-15-31-30(21)26)18-24(17-20)29-19-22-8-2-3-11-25(22)27-12-4-5-13-28(27)29;1-3-7-15(8-4-1)16-11-13-18(14-12-16)20-19(21-20)17-9-5-2-6-10-17/h2-19H,1H3;1-14,19H. The molecule has 0 radical (unpaired) electrons. The number of aryl methyl sites for hydroxylation is 1. The summed E-state index contributed by atoms with van der Waals surface area (Å²) in [5.41, 5.74) is 13.4. The predicted molar refractivity (Wildman–Crippen MR) is 220 cm³/mol. The van der Waals surface area contributed by atoms with Crippen molar-refractivity contribution >= 4 is 38.2 Å². The Labute approximate surface area is 304 Å². The monoisotopic (exact) mass is 664 g/mol. The third-order valence-corrected chi connectivity index (χ3v) is 9.96. The zero-order chi connectivity index (χ0) is 34.9. The van der Waals surface area contributed by atoms with Crippen molar-refractivity contribution in [2.24, 2.45) is 4.99 Å². The van der Waals surface area contributed by atoms with Crippen LogP contribution in [0, 0.1) is 6.92 Å². The van der Waals surface area contributed by atoms with E-state index in [1.165, 1.54) is 82.7 Å². The fraction of sp³-hybridized carbons (Fsp3) is 0.0400. The van der Waals surface area contributed by atoms with E-state index in [1.54, 1.807) is 0 Å². The summed E-state index contributed by atoms with van der Waals surface area (Å²) in [4.78, 5) is 9.29. The highest BCUT2D eigenvalue weighted by atomic mass is 15.0. The van der Waals surface area contributed by atoms with Crippen molar-refractivity contribution in [3.8, 4) is 33.4 Å². The van der Waals surface area contributed by atoms with Gasteiger partial charge < -0.3 is 0 Å². The Kier molecular flexibility index (Phi) is 8.19. The molecule has 0 saturated carbocycles. The molecule has 0 spiro atoms. The summed E-state index contributed by atoms with van der Waals surface area (Å²) in [6, 6.07) is 67.0. The van der Waals surface area contributed by atoms with Crippen molar-refractivity contribution in [3.05, 3.63) is 211 Å². The average molecular weight is 665 g/mol. The molecule has 1 unspecified atom stereocenters. The van der Waals surface area contributed by atoms with Crippen molar-refractivity contribution < 1.29 is 0 Å². The number of nitrogens with zero attached hydrogens (tertiary/aromatic N) is 2. The fourth-order valence-electron chi connectivity index (χ4n) is 7.39. The lowest BCUT2D eigenvalue weighted by atomic mass is 9.90. The molecule has 0 amide bonds. The van der Waals surface area contributed by atoms with Gasteiger partial charge in [-0.2, -0.15) is 0 Å². The highest BCUT2D eigenvalue weighted by Crippen LogP contribution is 2.38. The Morgan fingerprint density at radius 3 is 1.79 bits per heavy atom. The Bertz CT molecular complexity index is 2720. The van der Waals surface area contributed by atoms with Gasteiger partial charge in [-0.25, -0.2) is 0 Å². The smallest absolute Gasteiger partial charge is 0.118 e. The molecule has 0 saturated heterocycles. The van der Waals surface area contributed by atoms with Crippen LogP contribution in [0.5, 0.6) is 0 Å². The van der Waals surface area contributed by atoms with Crippen LogP contribution < -0.4 is 0 Å². The molecule has 52 heavy (non-hydrogen) atoms. The maximum Gasteiger partial charge on any atom is 0.118 e. The van der Waals surface area contributed by atoms with Crippen LogP contribution in [0.4, 0.5) is 0 Å². The second kappa shape index (κ2) is 13.6. The van der Waals surface area contributed by atoms with Gasteiger partial charge in [-0.15, -0.1) is 0 Å². The van der Waals surface area contributed by atoms with Gasteiger partial charge in [0.25, 0.3) is 0 Å². The lowest BCUT2D eigenvalue weighted by Gasteiger charge is -2.14. The number of aliphatic imine (C=N–C) groups is 1. The third kappa shape index (κ3) is 6.16. The number of fused-ring (bicyclic) bond motifs is 4. The molecule has 0 bridgehead atoms. The quantitative estimate of drug-likeness (QED) is 0.168. The van der Waals surface area contributed by atoms with Gasteiger partial charge in [-0.3, -0.25) is 9.98 Å². The molecule has 1 aromatic heterocycles. The molecule has 1 aliphatic rings. The number of hydrogen-bond donors (Lipinski definition) is 0. The minimum atomic E-state index is 0.258. The second-order valence-corrected chi connectivity index (χ2v) is 13.4. The van der Waals surface area contributed by atoms with E-state index in [4.69, 9.17) is 0 Å². The molecule has 9 aromatic rings. The number of rotatable bonds is 5. The molecule has 0 fully saturated rings. The van der Waals surface area contributed by atoms with Crippen molar-refractivity contribution in [1.82, 2.24) is 4.98 Å². The number of pyridine rings is 1. The second-order valence-electron chi connectivity index (χ2n) is 13.4. The van der Waals surface area contributed by atoms with E-state index in [0.717, 1.165) is 5.52 Å². The lowest BCUT2D eigenvalue weighted by molar-refractivity contribution is 1.13. The minimum absolute atomic E-state index is 0.258. The molecule has 0 N–H and O–H groups in total. The summed E-state index contributed by atoms with van der Waals surface area (Å²) in [7, 11) is 0. The number of aromatic nitrogens is 1. The highest BCUT2D eigenvalue weighted by Gasteiger charge is 2.30. The van der Waals surface area contributed by atoms with Gasteiger partial charge in [-0.05, 0) is 91.2 Å². The van der Waals surface area contributed by atoms with Gasteiger partial charge >= 0.3 is 0 Å². The molecule has 0 aliphatic carbocycles. The number of benzene rings is 8. The van der Waals surface area contributed by atoms with E-state index in [9.17, 15) is 0 Å². The zero-order valence-electron chi connectivity index (χ0n) is 28.9. The molecule has 246 valence electrons. The van der Waals surface area contributed by atoms with E-state index < -0.39 is 0 Å². The van der Waals surface area contributed by atoms with Crippen LogP contribution in [-0.2, 0) is 0 Å². The van der Waals surface area contributed by atoms with E-state index >= 15 is 0 Å². The van der Waals surface area contributed by atoms with Crippen molar-refractivity contribution in [2.75, 3.05) is 0 Å². The molecule has 1 aliphatic heterocycles. The van der Waals surface area contributed by atoms with E-state index in [-0.39, 0.29) is 6.04 Å². The first-order valence-electron chi connectivity index (χ1n) is 17.8. The SMILES string of the molecule is Cc1cc(-c2cc3ccccc3c3ccccc23)cc(-c2cccc3cccnc23)c1.c1ccc(-c2ccc(C3=NC3c3ccccc3)cc2)cc1. The molecule has 10 rings (SSSR count). The minimum Gasteiger partial charge on any atom is -0.272 e. The summed E-state index contributed by atoms with van der Waals surface area (Å²) in [6.07, 6.45) is 1.87. The van der Waals surface area contributed by atoms with Gasteiger partial charge in [0.2, 0.25) is 0 Å². The van der Waals surface area contributed by atoms with E-state index in [1.807, 2.05) is 24.4 Å². The summed E-state index contributed by atoms with van der Waals surface area (Å²) in [6.45, 7) is 2.18. The fourth-order valence-corrected chi connectivity index (χ4v) is 7.39. The first-order chi connectivity index (χ1) is 25.7. The predicted octanol–water partition coefficient (Wildman–Crippen LogP) is 13.1. The molecular weight excluding hydrogens is 629 g/mol. The summed E-state index contributed by atoms with van der Waals surface area (Å²) >= 11 is 0. The van der Waals surface area contributed by atoms with Crippen LogP contribution in [0.1, 0.15) is 22.7 Å². The summed E-state index contributed by atoms with van der Waals surface area (Å²) in [5, 5.41) is 6.32.